The van der Waals surface area contributed by atoms with Crippen LogP contribution in [0.5, 0.6) is 0 Å². The van der Waals surface area contributed by atoms with Gasteiger partial charge in [0.2, 0.25) is 0 Å². The number of hydrogen-bond acceptors (Lipinski definition) is 2. The molecule has 15 heavy (non-hydrogen) atoms. The second kappa shape index (κ2) is 3.74. The molecule has 2 nitrogen and oxygen atoms in total. The maximum absolute atomic E-state index is 9.92. The van der Waals surface area contributed by atoms with Crippen LogP contribution in [0.15, 0.2) is 0 Å². The van der Waals surface area contributed by atoms with Gasteiger partial charge in [-0.15, -0.1) is 0 Å². The zero-order chi connectivity index (χ0) is 11.1. The van der Waals surface area contributed by atoms with E-state index in [1.54, 1.807) is 0 Å². The zero-order valence-electron chi connectivity index (χ0n) is 10.4. The Hall–Kier alpha value is -0.0800. The molecule has 2 heteroatoms. The molecular formula is C13H25NO. The Bertz CT molecular complexity index is 231. The van der Waals surface area contributed by atoms with Crippen LogP contribution in [0.1, 0.15) is 46.5 Å². The van der Waals surface area contributed by atoms with E-state index >= 15 is 0 Å². The van der Waals surface area contributed by atoms with E-state index < -0.39 is 5.60 Å². The van der Waals surface area contributed by atoms with Crippen molar-refractivity contribution in [2.45, 2.75) is 52.1 Å². The third-order valence-corrected chi connectivity index (χ3v) is 3.89. The second-order valence-electron chi connectivity index (χ2n) is 6.56. The van der Waals surface area contributed by atoms with Gasteiger partial charge in [0, 0.05) is 19.6 Å². The van der Waals surface area contributed by atoms with Crippen LogP contribution in [0.25, 0.3) is 0 Å². The van der Waals surface area contributed by atoms with Gasteiger partial charge in [0.05, 0.1) is 5.60 Å². The molecule has 88 valence electrons. The molecule has 0 aromatic heterocycles. The molecule has 1 saturated heterocycles. The molecule has 0 aromatic carbocycles. The van der Waals surface area contributed by atoms with Crippen LogP contribution < -0.4 is 0 Å². The molecule has 2 rings (SSSR count). The van der Waals surface area contributed by atoms with E-state index in [-0.39, 0.29) is 0 Å². The Morgan fingerprint density at radius 1 is 1.27 bits per heavy atom. The molecular weight excluding hydrogens is 186 g/mol. The molecule has 1 heterocycles. The SMILES string of the molecule is CC(C)CC1(CN2CCC(C)(O)C2)CC1. The Morgan fingerprint density at radius 2 is 1.93 bits per heavy atom. The molecule has 1 N–H and O–H groups in total. The first-order chi connectivity index (χ1) is 6.91. The van der Waals surface area contributed by atoms with Gasteiger partial charge in [-0.25, -0.2) is 0 Å². The molecule has 1 aliphatic carbocycles. The minimum Gasteiger partial charge on any atom is -0.389 e. The fourth-order valence-corrected chi connectivity index (χ4v) is 3.12. The van der Waals surface area contributed by atoms with E-state index in [0.717, 1.165) is 25.4 Å². The molecule has 1 saturated carbocycles. The number of β-amino-alcohol motifs (C(OH)–C–C–N with tert-alkyl or cyclic N) is 1. The molecule has 1 aliphatic heterocycles. The highest BCUT2D eigenvalue weighted by Crippen LogP contribution is 2.51. The van der Waals surface area contributed by atoms with Crippen molar-refractivity contribution in [2.75, 3.05) is 19.6 Å². The monoisotopic (exact) mass is 211 g/mol. The van der Waals surface area contributed by atoms with Crippen LogP contribution in [-0.2, 0) is 0 Å². The smallest absolute Gasteiger partial charge is 0.0758 e. The predicted molar refractivity (Wildman–Crippen MR) is 62.8 cm³/mol. The van der Waals surface area contributed by atoms with E-state index in [4.69, 9.17) is 0 Å². The first kappa shape index (κ1) is 11.4. The van der Waals surface area contributed by atoms with Crippen LogP contribution in [0.3, 0.4) is 0 Å². The summed E-state index contributed by atoms with van der Waals surface area (Å²) in [4.78, 5) is 2.47. The second-order valence-corrected chi connectivity index (χ2v) is 6.56. The molecule has 0 amide bonds. The number of likely N-dealkylation sites (tertiary alicyclic amines) is 1. The third kappa shape index (κ3) is 2.94. The topological polar surface area (TPSA) is 23.5 Å². The fourth-order valence-electron chi connectivity index (χ4n) is 3.12. The van der Waals surface area contributed by atoms with Crippen molar-refractivity contribution in [2.24, 2.45) is 11.3 Å². The van der Waals surface area contributed by atoms with Crippen LogP contribution >= 0.6 is 0 Å². The van der Waals surface area contributed by atoms with Gasteiger partial charge in [0.1, 0.15) is 0 Å². The molecule has 0 spiro atoms. The lowest BCUT2D eigenvalue weighted by Gasteiger charge is -2.25. The van der Waals surface area contributed by atoms with Gasteiger partial charge in [-0.05, 0) is 43.9 Å². The Kier molecular flexibility index (Phi) is 2.85. The summed E-state index contributed by atoms with van der Waals surface area (Å²) in [5.41, 5.74) is 0.197. The zero-order valence-corrected chi connectivity index (χ0v) is 10.4. The summed E-state index contributed by atoms with van der Waals surface area (Å²) in [6, 6.07) is 0. The molecule has 1 unspecified atom stereocenters. The van der Waals surface area contributed by atoms with Crippen molar-refractivity contribution in [3.8, 4) is 0 Å². The van der Waals surface area contributed by atoms with E-state index in [1.165, 1.54) is 25.8 Å². The lowest BCUT2D eigenvalue weighted by Crippen LogP contribution is -2.33. The Labute approximate surface area is 93.7 Å². The summed E-state index contributed by atoms with van der Waals surface area (Å²) < 4.78 is 0. The van der Waals surface area contributed by atoms with E-state index in [2.05, 4.69) is 18.7 Å². The van der Waals surface area contributed by atoms with Crippen LogP contribution in [0, 0.1) is 11.3 Å². The number of nitrogens with zero attached hydrogens (tertiary/aromatic N) is 1. The number of aliphatic hydroxyl groups is 1. The molecule has 0 radical (unpaired) electrons. The summed E-state index contributed by atoms with van der Waals surface area (Å²) >= 11 is 0. The minimum absolute atomic E-state index is 0.423. The van der Waals surface area contributed by atoms with Gasteiger partial charge in [-0.3, -0.25) is 4.90 Å². The first-order valence-corrected chi connectivity index (χ1v) is 6.36. The number of hydrogen-bond donors (Lipinski definition) is 1. The molecule has 0 aromatic rings. The van der Waals surface area contributed by atoms with Gasteiger partial charge >= 0.3 is 0 Å². The van der Waals surface area contributed by atoms with Gasteiger partial charge in [0.15, 0.2) is 0 Å². The minimum atomic E-state index is -0.423. The maximum atomic E-state index is 9.92. The van der Waals surface area contributed by atoms with Crippen molar-refractivity contribution in [1.82, 2.24) is 4.90 Å². The standard InChI is InChI=1S/C13H25NO/c1-11(2)8-13(4-5-13)10-14-7-6-12(3,15)9-14/h11,15H,4-10H2,1-3H3. The van der Waals surface area contributed by atoms with E-state index in [1.807, 2.05) is 6.92 Å². The van der Waals surface area contributed by atoms with Crippen molar-refractivity contribution in [1.29, 1.82) is 0 Å². The highest BCUT2D eigenvalue weighted by atomic mass is 16.3. The normalized spacial score (nSPS) is 35.0. The maximum Gasteiger partial charge on any atom is 0.0758 e. The Balaban J connectivity index is 1.83. The van der Waals surface area contributed by atoms with Crippen LogP contribution in [-0.4, -0.2) is 35.2 Å². The molecule has 2 fully saturated rings. The van der Waals surface area contributed by atoms with Crippen LogP contribution in [0.2, 0.25) is 0 Å². The summed E-state index contributed by atoms with van der Waals surface area (Å²) in [6.07, 6.45) is 5.13. The van der Waals surface area contributed by atoms with Gasteiger partial charge in [-0.2, -0.15) is 0 Å². The molecule has 1 atom stereocenters. The fraction of sp³-hybridized carbons (Fsp3) is 1.00. The molecule has 0 bridgehead atoms. The number of rotatable bonds is 4. The van der Waals surface area contributed by atoms with Gasteiger partial charge in [-0.1, -0.05) is 13.8 Å². The van der Waals surface area contributed by atoms with Gasteiger partial charge < -0.3 is 5.11 Å². The first-order valence-electron chi connectivity index (χ1n) is 6.36. The van der Waals surface area contributed by atoms with Crippen molar-refractivity contribution < 1.29 is 5.11 Å². The summed E-state index contributed by atoms with van der Waals surface area (Å²) in [7, 11) is 0. The van der Waals surface area contributed by atoms with E-state index in [9.17, 15) is 5.11 Å². The summed E-state index contributed by atoms with van der Waals surface area (Å²) in [5.74, 6) is 0.815. The Morgan fingerprint density at radius 3 is 2.33 bits per heavy atom. The van der Waals surface area contributed by atoms with Crippen molar-refractivity contribution in [3.05, 3.63) is 0 Å². The third-order valence-electron chi connectivity index (χ3n) is 3.89. The summed E-state index contributed by atoms with van der Waals surface area (Å²) in [5, 5.41) is 9.92. The van der Waals surface area contributed by atoms with E-state index in [0.29, 0.717) is 5.41 Å². The predicted octanol–water partition coefficient (Wildman–Crippen LogP) is 2.27. The van der Waals surface area contributed by atoms with Gasteiger partial charge in [0.25, 0.3) is 0 Å². The highest BCUT2D eigenvalue weighted by Gasteiger charge is 2.45. The van der Waals surface area contributed by atoms with Crippen molar-refractivity contribution >= 4 is 0 Å². The average molecular weight is 211 g/mol. The van der Waals surface area contributed by atoms with Crippen molar-refractivity contribution in [3.63, 3.8) is 0 Å². The quantitative estimate of drug-likeness (QED) is 0.771. The summed E-state index contributed by atoms with van der Waals surface area (Å²) in [6.45, 7) is 9.80. The average Bonchev–Trinajstić information content (AvgIpc) is 2.70. The lowest BCUT2D eigenvalue weighted by atomic mass is 9.94. The van der Waals surface area contributed by atoms with Crippen LogP contribution in [0.4, 0.5) is 0 Å². The lowest BCUT2D eigenvalue weighted by molar-refractivity contribution is 0.0652. The molecule has 2 aliphatic rings. The largest absolute Gasteiger partial charge is 0.389 e. The highest BCUT2D eigenvalue weighted by molar-refractivity contribution is 4.98.